The third-order valence-corrected chi connectivity index (χ3v) is 2.62. The van der Waals surface area contributed by atoms with E-state index in [0.717, 1.165) is 12.8 Å². The first-order valence-electron chi connectivity index (χ1n) is 5.22. The maximum Gasteiger partial charge on any atom is 0.0653 e. The molecule has 0 spiro atoms. The van der Waals surface area contributed by atoms with Crippen LogP contribution in [0.2, 0.25) is 0 Å². The summed E-state index contributed by atoms with van der Waals surface area (Å²) in [4.78, 5) is 0. The predicted molar refractivity (Wildman–Crippen MR) is 85.8 cm³/mol. The molecule has 0 saturated carbocycles. The van der Waals surface area contributed by atoms with Crippen molar-refractivity contribution in [3.63, 3.8) is 0 Å². The minimum absolute atomic E-state index is 0. The quantitative estimate of drug-likeness (QED) is 0.618. The highest BCUT2D eigenvalue weighted by atomic mass is 14.3. The smallest absolute Gasteiger partial charge is 0.0653 e. The second kappa shape index (κ2) is 13.8. The third kappa shape index (κ3) is 7.90. The van der Waals surface area contributed by atoms with E-state index in [2.05, 4.69) is 37.3 Å². The molecule has 2 unspecified atom stereocenters. The van der Waals surface area contributed by atoms with Crippen LogP contribution < -0.4 is 0 Å². The number of rotatable bonds is 4. The van der Waals surface area contributed by atoms with Crippen LogP contribution in [-0.2, 0) is 0 Å². The lowest BCUT2D eigenvalue weighted by Gasteiger charge is -2.16. The predicted octanol–water partition coefficient (Wildman–Crippen LogP) is 6.27. The summed E-state index contributed by atoms with van der Waals surface area (Å²) in [5.74, 6) is 0.686. The van der Waals surface area contributed by atoms with Crippen molar-refractivity contribution in [1.82, 2.24) is 0 Å². The lowest BCUT2D eigenvalue weighted by atomic mass is 9.88. The van der Waals surface area contributed by atoms with Gasteiger partial charge >= 0.3 is 0 Å². The van der Waals surface area contributed by atoms with E-state index in [1.807, 2.05) is 13.0 Å². The van der Waals surface area contributed by atoms with Crippen LogP contribution >= 0.6 is 0 Å². The maximum absolute atomic E-state index is 8.78. The van der Waals surface area contributed by atoms with E-state index < -0.39 is 0 Å². The van der Waals surface area contributed by atoms with Crippen LogP contribution in [0.4, 0.5) is 0 Å². The molecule has 0 radical (unpaired) electrons. The van der Waals surface area contributed by atoms with Gasteiger partial charge in [0.15, 0.2) is 0 Å². The summed E-state index contributed by atoms with van der Waals surface area (Å²) in [5.41, 5.74) is 1.36. The van der Waals surface area contributed by atoms with Gasteiger partial charge < -0.3 is 0 Å². The van der Waals surface area contributed by atoms with E-state index in [-0.39, 0.29) is 35.6 Å². The molecule has 1 nitrogen and oxygen atoms in total. The molecule has 1 aromatic rings. The zero-order valence-electron chi connectivity index (χ0n) is 8.90. The van der Waals surface area contributed by atoms with Crippen molar-refractivity contribution in [1.29, 1.82) is 5.26 Å². The molecule has 0 amide bonds. The number of nitriles is 1. The van der Waals surface area contributed by atoms with E-state index in [4.69, 9.17) is 5.26 Å². The van der Waals surface area contributed by atoms with E-state index in [1.54, 1.807) is 0 Å². The van der Waals surface area contributed by atoms with Gasteiger partial charge in [0.2, 0.25) is 0 Å². The average Bonchev–Trinajstić information content (AvgIpc) is 2.26. The Bertz CT molecular complexity index is 297. The Kier molecular flexibility index (Phi) is 19.5. The van der Waals surface area contributed by atoms with Crippen LogP contribution in [0.15, 0.2) is 30.3 Å². The van der Waals surface area contributed by atoms with Crippen molar-refractivity contribution < 1.29 is 0 Å². The molecule has 0 bridgehead atoms. The first-order chi connectivity index (χ1) is 6.77. The van der Waals surface area contributed by atoms with Crippen LogP contribution in [0, 0.1) is 17.2 Å². The molecule has 0 aliphatic carbocycles. The van der Waals surface area contributed by atoms with Gasteiger partial charge in [0.05, 0.1) is 6.07 Å². The highest BCUT2D eigenvalue weighted by molar-refractivity contribution is 5.19. The minimum atomic E-state index is 0. The number of nitrogens with zero attached hydrogens (tertiary/aromatic N) is 1. The van der Waals surface area contributed by atoms with Crippen LogP contribution in [-0.4, -0.2) is 0 Å². The SMILES string of the molecule is C.C.C.C.CCC(CC(C)C#N)c1ccccc1. The van der Waals surface area contributed by atoms with Crippen LogP contribution in [0.25, 0.3) is 0 Å². The van der Waals surface area contributed by atoms with Crippen molar-refractivity contribution in [3.05, 3.63) is 35.9 Å². The number of hydrogen-bond acceptors (Lipinski definition) is 1. The number of benzene rings is 1. The molecule has 18 heavy (non-hydrogen) atoms. The molecule has 0 aromatic heterocycles. The fourth-order valence-corrected chi connectivity index (χ4v) is 1.74. The lowest BCUT2D eigenvalue weighted by Crippen LogP contribution is -2.02. The second-order valence-corrected chi connectivity index (χ2v) is 3.78. The highest BCUT2D eigenvalue weighted by Crippen LogP contribution is 2.26. The molecule has 0 heterocycles. The Hall–Kier alpha value is -1.29. The van der Waals surface area contributed by atoms with Crippen molar-refractivity contribution in [2.24, 2.45) is 5.92 Å². The topological polar surface area (TPSA) is 23.8 Å². The Balaban J connectivity index is -0.000000245. The summed E-state index contributed by atoms with van der Waals surface area (Å²) in [7, 11) is 0. The molecule has 0 fully saturated rings. The fourth-order valence-electron chi connectivity index (χ4n) is 1.74. The maximum atomic E-state index is 8.78. The van der Waals surface area contributed by atoms with E-state index >= 15 is 0 Å². The molecule has 1 heteroatoms. The highest BCUT2D eigenvalue weighted by Gasteiger charge is 2.12. The van der Waals surface area contributed by atoms with Crippen LogP contribution in [0.1, 0.15) is 67.9 Å². The van der Waals surface area contributed by atoms with E-state index in [9.17, 15) is 0 Å². The molecule has 0 N–H and O–H groups in total. The standard InChI is InChI=1S/C13H17N.4CH4/c1-3-12(9-11(2)10-14)13-7-5-4-6-8-13;;;;/h4-8,11-12H,3,9H2,1-2H3;4*1H4. The van der Waals surface area contributed by atoms with Crippen molar-refractivity contribution in [3.8, 4) is 6.07 Å². The lowest BCUT2D eigenvalue weighted by molar-refractivity contribution is 0.531. The van der Waals surface area contributed by atoms with Gasteiger partial charge in [-0.05, 0) is 31.2 Å². The van der Waals surface area contributed by atoms with Gasteiger partial charge in [0.25, 0.3) is 0 Å². The summed E-state index contributed by atoms with van der Waals surface area (Å²) in [6, 6.07) is 12.8. The average molecular weight is 251 g/mol. The molecular formula is C17H33N. The van der Waals surface area contributed by atoms with Gasteiger partial charge in [-0.2, -0.15) is 5.26 Å². The monoisotopic (exact) mass is 251 g/mol. The van der Waals surface area contributed by atoms with Gasteiger partial charge in [-0.15, -0.1) is 0 Å². The molecule has 2 atom stereocenters. The normalized spacial score (nSPS) is 11.2. The Morgan fingerprint density at radius 2 is 1.56 bits per heavy atom. The summed E-state index contributed by atoms with van der Waals surface area (Å²) in [6.45, 7) is 4.17. The Labute approximate surface area is 116 Å². The van der Waals surface area contributed by atoms with Gasteiger partial charge in [-0.3, -0.25) is 0 Å². The molecule has 1 rings (SSSR count). The first-order valence-corrected chi connectivity index (χ1v) is 5.22. The Morgan fingerprint density at radius 3 is 1.94 bits per heavy atom. The van der Waals surface area contributed by atoms with E-state index in [0.29, 0.717) is 5.92 Å². The third-order valence-electron chi connectivity index (χ3n) is 2.62. The van der Waals surface area contributed by atoms with Gasteiger partial charge in [0, 0.05) is 5.92 Å². The van der Waals surface area contributed by atoms with E-state index in [1.165, 1.54) is 5.56 Å². The Morgan fingerprint density at radius 1 is 1.06 bits per heavy atom. The van der Waals surface area contributed by atoms with Crippen molar-refractivity contribution >= 4 is 0 Å². The molecule has 0 aliphatic heterocycles. The molecule has 0 saturated heterocycles. The zero-order valence-corrected chi connectivity index (χ0v) is 8.90. The van der Waals surface area contributed by atoms with Gasteiger partial charge in [-0.25, -0.2) is 0 Å². The largest absolute Gasteiger partial charge is 0.198 e. The molecule has 1 aromatic carbocycles. The molecule has 106 valence electrons. The summed E-state index contributed by atoms with van der Waals surface area (Å²) >= 11 is 0. The number of hydrogen-bond donors (Lipinski definition) is 0. The summed E-state index contributed by atoms with van der Waals surface area (Å²) in [5, 5.41) is 8.78. The second-order valence-electron chi connectivity index (χ2n) is 3.78. The molecular weight excluding hydrogens is 218 g/mol. The first kappa shape index (κ1) is 25.5. The van der Waals surface area contributed by atoms with Crippen molar-refractivity contribution in [2.45, 2.75) is 62.3 Å². The van der Waals surface area contributed by atoms with Crippen molar-refractivity contribution in [2.75, 3.05) is 0 Å². The summed E-state index contributed by atoms with van der Waals surface area (Å²) < 4.78 is 0. The minimum Gasteiger partial charge on any atom is -0.198 e. The molecule has 0 aliphatic rings. The summed E-state index contributed by atoms with van der Waals surface area (Å²) in [6.07, 6.45) is 2.08. The van der Waals surface area contributed by atoms with Crippen LogP contribution in [0.3, 0.4) is 0 Å². The van der Waals surface area contributed by atoms with Crippen LogP contribution in [0.5, 0.6) is 0 Å². The fraction of sp³-hybridized carbons (Fsp3) is 0.588. The van der Waals surface area contributed by atoms with Gasteiger partial charge in [-0.1, -0.05) is 67.0 Å². The van der Waals surface area contributed by atoms with Gasteiger partial charge in [0.1, 0.15) is 0 Å². The zero-order chi connectivity index (χ0) is 10.4.